The van der Waals surface area contributed by atoms with Gasteiger partial charge in [-0.05, 0) is 35.6 Å². The molecule has 2 aromatic rings. The maximum absolute atomic E-state index is 12.8. The van der Waals surface area contributed by atoms with E-state index in [9.17, 15) is 13.2 Å². The van der Waals surface area contributed by atoms with Gasteiger partial charge in [0.1, 0.15) is 5.75 Å². The summed E-state index contributed by atoms with van der Waals surface area (Å²) in [6, 6.07) is 8.27. The van der Waals surface area contributed by atoms with Crippen molar-refractivity contribution >= 4 is 39.0 Å². The predicted octanol–water partition coefficient (Wildman–Crippen LogP) is 4.04. The molecule has 1 amide bonds. The van der Waals surface area contributed by atoms with E-state index >= 15 is 0 Å². The number of amides is 1. The first kappa shape index (κ1) is 19.8. The molecule has 0 atom stereocenters. The van der Waals surface area contributed by atoms with Crippen molar-refractivity contribution in [1.82, 2.24) is 4.90 Å². The monoisotopic (exact) mass is 401 g/mol. The molecular weight excluding hydrogens is 382 g/mol. The average Bonchev–Trinajstić information content (AvgIpc) is 3.01. The van der Waals surface area contributed by atoms with Gasteiger partial charge in [0.25, 0.3) is 5.91 Å². The SMILES string of the molecule is CC(C)CN(Cc1cc(Cl)ccc1OS(C)(=O)=O)C(=O)c1cccs1. The van der Waals surface area contributed by atoms with Crippen LogP contribution in [0.5, 0.6) is 5.75 Å². The quantitative estimate of drug-likeness (QED) is 0.657. The van der Waals surface area contributed by atoms with Gasteiger partial charge in [0.2, 0.25) is 0 Å². The van der Waals surface area contributed by atoms with E-state index in [4.69, 9.17) is 15.8 Å². The van der Waals surface area contributed by atoms with Gasteiger partial charge in [-0.2, -0.15) is 8.42 Å². The van der Waals surface area contributed by atoms with Gasteiger partial charge in [-0.3, -0.25) is 4.79 Å². The molecule has 0 saturated heterocycles. The molecule has 0 saturated carbocycles. The molecule has 0 aliphatic carbocycles. The summed E-state index contributed by atoms with van der Waals surface area (Å²) in [4.78, 5) is 15.1. The van der Waals surface area contributed by atoms with Gasteiger partial charge in [0.05, 0.1) is 11.1 Å². The molecule has 0 bridgehead atoms. The van der Waals surface area contributed by atoms with E-state index in [-0.39, 0.29) is 24.1 Å². The molecule has 136 valence electrons. The third-order valence-corrected chi connectivity index (χ3v) is 4.80. The number of benzene rings is 1. The zero-order chi connectivity index (χ0) is 18.6. The molecular formula is C17H20ClNO4S2. The maximum Gasteiger partial charge on any atom is 0.306 e. The van der Waals surface area contributed by atoms with Crippen molar-refractivity contribution < 1.29 is 17.4 Å². The Morgan fingerprint density at radius 1 is 1.32 bits per heavy atom. The summed E-state index contributed by atoms with van der Waals surface area (Å²) in [5, 5.41) is 2.29. The minimum Gasteiger partial charge on any atom is -0.382 e. The van der Waals surface area contributed by atoms with Gasteiger partial charge < -0.3 is 9.08 Å². The highest BCUT2D eigenvalue weighted by Gasteiger charge is 2.21. The smallest absolute Gasteiger partial charge is 0.306 e. The Hall–Kier alpha value is -1.57. The first-order valence-electron chi connectivity index (χ1n) is 7.66. The van der Waals surface area contributed by atoms with Gasteiger partial charge in [0, 0.05) is 23.7 Å². The molecule has 8 heteroatoms. The van der Waals surface area contributed by atoms with Crippen molar-refractivity contribution in [3.8, 4) is 5.75 Å². The van der Waals surface area contributed by atoms with Gasteiger partial charge >= 0.3 is 10.1 Å². The molecule has 0 spiro atoms. The number of hydrogen-bond acceptors (Lipinski definition) is 5. The van der Waals surface area contributed by atoms with Crippen LogP contribution in [-0.2, 0) is 16.7 Å². The second-order valence-electron chi connectivity index (χ2n) is 6.10. The van der Waals surface area contributed by atoms with E-state index in [0.717, 1.165) is 6.26 Å². The summed E-state index contributed by atoms with van der Waals surface area (Å²) in [6.45, 7) is 4.77. The lowest BCUT2D eigenvalue weighted by Gasteiger charge is -2.25. The molecule has 0 unspecified atom stereocenters. The van der Waals surface area contributed by atoms with Crippen molar-refractivity contribution in [3.05, 3.63) is 51.2 Å². The van der Waals surface area contributed by atoms with Gasteiger partial charge in [-0.25, -0.2) is 0 Å². The number of halogens is 1. The molecule has 1 aromatic heterocycles. The van der Waals surface area contributed by atoms with Crippen LogP contribution < -0.4 is 4.18 Å². The Bertz CT molecular complexity index is 832. The fraction of sp³-hybridized carbons (Fsp3) is 0.353. The summed E-state index contributed by atoms with van der Waals surface area (Å²) in [6.07, 6.45) is 0.980. The first-order chi connectivity index (χ1) is 11.7. The van der Waals surface area contributed by atoms with Crippen LogP contribution in [0, 0.1) is 5.92 Å². The summed E-state index contributed by atoms with van der Waals surface area (Å²) in [7, 11) is -3.68. The summed E-state index contributed by atoms with van der Waals surface area (Å²) in [5.41, 5.74) is 0.545. The molecule has 0 radical (unpaired) electrons. The minimum absolute atomic E-state index is 0.103. The molecule has 0 aliphatic heterocycles. The maximum atomic E-state index is 12.8. The third-order valence-electron chi connectivity index (χ3n) is 3.23. The van der Waals surface area contributed by atoms with Crippen LogP contribution in [0.3, 0.4) is 0 Å². The fourth-order valence-corrected chi connectivity index (χ4v) is 3.71. The highest BCUT2D eigenvalue weighted by atomic mass is 35.5. The Kier molecular flexibility index (Phi) is 6.48. The molecule has 0 N–H and O–H groups in total. The van der Waals surface area contributed by atoms with Crippen LogP contribution in [0.2, 0.25) is 5.02 Å². The second kappa shape index (κ2) is 8.21. The van der Waals surface area contributed by atoms with Crippen molar-refractivity contribution in [2.75, 3.05) is 12.8 Å². The number of carbonyl (C=O) groups excluding carboxylic acids is 1. The second-order valence-corrected chi connectivity index (χ2v) is 9.06. The molecule has 1 aromatic carbocycles. The molecule has 25 heavy (non-hydrogen) atoms. The number of carbonyl (C=O) groups is 1. The normalized spacial score (nSPS) is 11.6. The van der Waals surface area contributed by atoms with Crippen LogP contribution in [0.4, 0.5) is 0 Å². The van der Waals surface area contributed by atoms with Crippen LogP contribution in [0.15, 0.2) is 35.7 Å². The predicted molar refractivity (Wildman–Crippen MR) is 101 cm³/mol. The van der Waals surface area contributed by atoms with E-state index in [0.29, 0.717) is 22.0 Å². The lowest BCUT2D eigenvalue weighted by molar-refractivity contribution is 0.0727. The van der Waals surface area contributed by atoms with Crippen LogP contribution >= 0.6 is 22.9 Å². The van der Waals surface area contributed by atoms with Crippen molar-refractivity contribution in [2.45, 2.75) is 20.4 Å². The summed E-state index contributed by atoms with van der Waals surface area (Å²) < 4.78 is 28.0. The number of rotatable bonds is 7. The van der Waals surface area contributed by atoms with Crippen LogP contribution in [0.1, 0.15) is 29.1 Å². The van der Waals surface area contributed by atoms with Gasteiger partial charge in [0.15, 0.2) is 0 Å². The van der Waals surface area contributed by atoms with Crippen LogP contribution in [-0.4, -0.2) is 32.0 Å². The van der Waals surface area contributed by atoms with Gasteiger partial charge in [-0.15, -0.1) is 11.3 Å². The highest BCUT2D eigenvalue weighted by molar-refractivity contribution is 7.86. The number of thiophene rings is 1. The lowest BCUT2D eigenvalue weighted by atomic mass is 10.1. The summed E-state index contributed by atoms with van der Waals surface area (Å²) >= 11 is 7.42. The first-order valence-corrected chi connectivity index (χ1v) is 10.7. The fourth-order valence-electron chi connectivity index (χ4n) is 2.34. The Balaban J connectivity index is 2.34. The average molecular weight is 402 g/mol. The van der Waals surface area contributed by atoms with E-state index in [1.165, 1.54) is 17.4 Å². The third kappa shape index (κ3) is 6.02. The van der Waals surface area contributed by atoms with Crippen molar-refractivity contribution in [3.63, 3.8) is 0 Å². The van der Waals surface area contributed by atoms with Crippen LogP contribution in [0.25, 0.3) is 0 Å². The highest BCUT2D eigenvalue weighted by Crippen LogP contribution is 2.27. The largest absolute Gasteiger partial charge is 0.382 e. The van der Waals surface area contributed by atoms with E-state index < -0.39 is 10.1 Å². The van der Waals surface area contributed by atoms with Crippen molar-refractivity contribution in [1.29, 1.82) is 0 Å². The zero-order valence-electron chi connectivity index (χ0n) is 14.2. The minimum atomic E-state index is -3.68. The zero-order valence-corrected chi connectivity index (χ0v) is 16.6. The van der Waals surface area contributed by atoms with E-state index in [2.05, 4.69) is 0 Å². The Labute approximate surface area is 157 Å². The van der Waals surface area contributed by atoms with E-state index in [1.807, 2.05) is 25.3 Å². The van der Waals surface area contributed by atoms with Crippen molar-refractivity contribution in [2.24, 2.45) is 5.92 Å². The molecule has 1 heterocycles. The lowest BCUT2D eigenvalue weighted by Crippen LogP contribution is -2.33. The molecule has 0 fully saturated rings. The van der Waals surface area contributed by atoms with Gasteiger partial charge in [-0.1, -0.05) is 31.5 Å². The Morgan fingerprint density at radius 3 is 2.60 bits per heavy atom. The Morgan fingerprint density at radius 2 is 2.04 bits per heavy atom. The topological polar surface area (TPSA) is 63.7 Å². The molecule has 5 nitrogen and oxygen atoms in total. The molecule has 0 aliphatic rings. The summed E-state index contributed by atoms with van der Waals surface area (Å²) in [5.74, 6) is 0.330. The molecule has 2 rings (SSSR count). The number of hydrogen-bond donors (Lipinski definition) is 0. The number of nitrogens with zero attached hydrogens (tertiary/aromatic N) is 1. The van der Waals surface area contributed by atoms with E-state index in [1.54, 1.807) is 23.1 Å². The standard InChI is InChI=1S/C17H20ClNO4S2/c1-12(2)10-19(17(20)16-5-4-8-24-16)11-13-9-14(18)6-7-15(13)23-25(3,21)22/h4-9,12H,10-11H2,1-3H3.